The molecular weight excluding hydrogens is 393 g/mol. The zero-order valence-electron chi connectivity index (χ0n) is 17.2. The molecule has 1 saturated heterocycles. The monoisotopic (exact) mass is 420 g/mol. The van der Waals surface area contributed by atoms with Gasteiger partial charge < -0.3 is 9.47 Å². The van der Waals surface area contributed by atoms with E-state index in [1.165, 1.54) is 4.57 Å². The summed E-state index contributed by atoms with van der Waals surface area (Å²) in [5.41, 5.74) is -0.474. The Hall–Kier alpha value is -2.31. The molecule has 0 spiro atoms. The number of likely N-dealkylation sites (tertiary alicyclic amines) is 1. The average molecular weight is 420 g/mol. The lowest BCUT2D eigenvalue weighted by Gasteiger charge is -2.32. The van der Waals surface area contributed by atoms with Gasteiger partial charge in [-0.25, -0.2) is 0 Å². The number of nitrogens with zero attached hydrogens (tertiary/aromatic N) is 2. The summed E-state index contributed by atoms with van der Waals surface area (Å²) >= 11 is 0. The van der Waals surface area contributed by atoms with E-state index in [9.17, 15) is 22.8 Å². The maximum absolute atomic E-state index is 13.8. The molecule has 1 aliphatic heterocycles. The molecule has 4 nitrogen and oxygen atoms in total. The van der Waals surface area contributed by atoms with Crippen LogP contribution in [0.2, 0.25) is 0 Å². The maximum atomic E-state index is 13.8. The molecule has 4 rings (SSSR count). The molecule has 1 aromatic heterocycles. The molecule has 0 unspecified atom stereocenters. The molecule has 1 saturated carbocycles. The standard InChI is InChI=1S/C23H27F3N2O2/c1-15-9-10-19-18(12-15)20(29)13-21(23(24,25)26)28(19)14-17-8-5-11-27(17)22(30)16-6-3-2-4-7-16/h9-10,12-13,16-17H,2-8,11,14H2,1H3/t17-/m1/s1. The molecule has 1 aliphatic carbocycles. The van der Waals surface area contributed by atoms with Crippen LogP contribution in [0.15, 0.2) is 29.1 Å². The van der Waals surface area contributed by atoms with Gasteiger partial charge >= 0.3 is 6.18 Å². The van der Waals surface area contributed by atoms with E-state index in [1.54, 1.807) is 23.1 Å². The third-order valence-electron chi connectivity index (χ3n) is 6.57. The minimum Gasteiger partial charge on any atom is -0.338 e. The molecule has 7 heteroatoms. The summed E-state index contributed by atoms with van der Waals surface area (Å²) in [6, 6.07) is 5.35. The number of pyridine rings is 1. The summed E-state index contributed by atoms with van der Waals surface area (Å²) in [5.74, 6) is 0.0850. The van der Waals surface area contributed by atoms with Crippen molar-refractivity contribution in [1.29, 1.82) is 0 Å². The van der Waals surface area contributed by atoms with E-state index < -0.39 is 17.3 Å². The van der Waals surface area contributed by atoms with E-state index in [0.717, 1.165) is 44.1 Å². The molecule has 1 aromatic carbocycles. The lowest BCUT2D eigenvalue weighted by molar-refractivity contribution is -0.144. The van der Waals surface area contributed by atoms with Crippen LogP contribution in [0, 0.1) is 12.8 Å². The fraction of sp³-hybridized carbons (Fsp3) is 0.565. The van der Waals surface area contributed by atoms with Crippen molar-refractivity contribution in [2.75, 3.05) is 6.54 Å². The molecule has 2 aliphatic rings. The lowest BCUT2D eigenvalue weighted by atomic mass is 9.88. The van der Waals surface area contributed by atoms with Crippen LogP contribution in [0.3, 0.4) is 0 Å². The van der Waals surface area contributed by atoms with E-state index in [0.29, 0.717) is 19.0 Å². The molecule has 2 aromatic rings. The minimum atomic E-state index is -4.64. The zero-order valence-corrected chi connectivity index (χ0v) is 17.2. The number of hydrogen-bond acceptors (Lipinski definition) is 2. The fourth-order valence-corrected chi connectivity index (χ4v) is 5.03. The summed E-state index contributed by atoms with van der Waals surface area (Å²) in [5, 5.41) is 0.283. The van der Waals surface area contributed by atoms with Crippen molar-refractivity contribution < 1.29 is 18.0 Å². The van der Waals surface area contributed by atoms with Gasteiger partial charge in [0.15, 0.2) is 5.43 Å². The highest BCUT2D eigenvalue weighted by Gasteiger charge is 2.38. The molecule has 2 heterocycles. The predicted octanol–water partition coefficient (Wildman–Crippen LogP) is 4.90. The van der Waals surface area contributed by atoms with Crippen LogP contribution in [0.1, 0.15) is 56.2 Å². The number of hydrogen-bond donors (Lipinski definition) is 0. The number of carbonyl (C=O) groups excluding carboxylic acids is 1. The Morgan fingerprint density at radius 2 is 1.80 bits per heavy atom. The van der Waals surface area contributed by atoms with Gasteiger partial charge in [0.1, 0.15) is 5.69 Å². The van der Waals surface area contributed by atoms with Crippen LogP contribution in [0.25, 0.3) is 10.9 Å². The van der Waals surface area contributed by atoms with Gasteiger partial charge in [0.2, 0.25) is 5.91 Å². The summed E-state index contributed by atoms with van der Waals surface area (Å²) in [6.07, 6.45) is 1.79. The third-order valence-corrected chi connectivity index (χ3v) is 6.57. The Bertz CT molecular complexity index is 1010. The van der Waals surface area contributed by atoms with Crippen molar-refractivity contribution in [2.45, 2.75) is 70.6 Å². The van der Waals surface area contributed by atoms with E-state index in [1.807, 2.05) is 6.92 Å². The number of aromatic nitrogens is 1. The van der Waals surface area contributed by atoms with Gasteiger partial charge in [0.25, 0.3) is 0 Å². The Kier molecular flexibility index (Phi) is 5.64. The minimum absolute atomic E-state index is 0.00477. The highest BCUT2D eigenvalue weighted by atomic mass is 19.4. The summed E-state index contributed by atoms with van der Waals surface area (Å²) in [6.45, 7) is 2.45. The highest BCUT2D eigenvalue weighted by molar-refractivity contribution is 5.81. The van der Waals surface area contributed by atoms with E-state index >= 15 is 0 Å². The van der Waals surface area contributed by atoms with Crippen LogP contribution >= 0.6 is 0 Å². The number of fused-ring (bicyclic) bond motifs is 1. The van der Waals surface area contributed by atoms with Gasteiger partial charge in [-0.15, -0.1) is 0 Å². The van der Waals surface area contributed by atoms with Crippen LogP contribution in [-0.2, 0) is 17.5 Å². The lowest BCUT2D eigenvalue weighted by Crippen LogP contribution is -2.42. The number of rotatable bonds is 3. The Labute approximate surface area is 173 Å². The average Bonchev–Trinajstić information content (AvgIpc) is 3.17. The number of carbonyl (C=O) groups is 1. The van der Waals surface area contributed by atoms with E-state index in [-0.39, 0.29) is 35.3 Å². The molecule has 0 N–H and O–H groups in total. The first-order valence-corrected chi connectivity index (χ1v) is 10.8. The largest absolute Gasteiger partial charge is 0.431 e. The van der Waals surface area contributed by atoms with E-state index in [4.69, 9.17) is 0 Å². The van der Waals surface area contributed by atoms with Gasteiger partial charge in [-0.2, -0.15) is 13.2 Å². The topological polar surface area (TPSA) is 42.3 Å². The first-order chi connectivity index (χ1) is 14.3. The maximum Gasteiger partial charge on any atom is 0.431 e. The molecule has 162 valence electrons. The van der Waals surface area contributed by atoms with Crippen molar-refractivity contribution in [3.63, 3.8) is 0 Å². The summed E-state index contributed by atoms with van der Waals surface area (Å²) < 4.78 is 42.6. The molecule has 1 atom stereocenters. The van der Waals surface area contributed by atoms with Gasteiger partial charge in [0.05, 0.1) is 5.52 Å². The molecule has 0 radical (unpaired) electrons. The van der Waals surface area contributed by atoms with Crippen LogP contribution < -0.4 is 5.43 Å². The SMILES string of the molecule is Cc1ccc2c(c1)c(=O)cc(C(F)(F)F)n2C[C@H]1CCCN1C(=O)C1CCCCC1. The number of amides is 1. The van der Waals surface area contributed by atoms with Gasteiger partial charge in [-0.1, -0.05) is 30.9 Å². The van der Waals surface area contributed by atoms with Crippen molar-refractivity contribution in [3.05, 3.63) is 45.7 Å². The van der Waals surface area contributed by atoms with Crippen LogP contribution in [0.4, 0.5) is 13.2 Å². The van der Waals surface area contributed by atoms with Crippen molar-refractivity contribution >= 4 is 16.8 Å². The number of halogens is 3. The van der Waals surface area contributed by atoms with Gasteiger partial charge in [-0.3, -0.25) is 9.59 Å². The van der Waals surface area contributed by atoms with E-state index in [2.05, 4.69) is 0 Å². The first-order valence-electron chi connectivity index (χ1n) is 10.8. The van der Waals surface area contributed by atoms with Gasteiger partial charge in [0, 0.05) is 36.5 Å². The molecule has 30 heavy (non-hydrogen) atoms. The summed E-state index contributed by atoms with van der Waals surface area (Å²) in [7, 11) is 0. The third kappa shape index (κ3) is 3.98. The zero-order chi connectivity index (χ0) is 21.5. The normalized spacial score (nSPS) is 20.8. The Balaban J connectivity index is 1.72. The van der Waals surface area contributed by atoms with Crippen molar-refractivity contribution in [3.8, 4) is 0 Å². The van der Waals surface area contributed by atoms with Gasteiger partial charge in [-0.05, 0) is 44.7 Å². The fourth-order valence-electron chi connectivity index (χ4n) is 5.03. The quantitative estimate of drug-likeness (QED) is 0.709. The second-order valence-corrected chi connectivity index (χ2v) is 8.69. The van der Waals surface area contributed by atoms with Crippen molar-refractivity contribution in [1.82, 2.24) is 9.47 Å². The predicted molar refractivity (Wildman–Crippen MR) is 109 cm³/mol. The second-order valence-electron chi connectivity index (χ2n) is 8.69. The smallest absolute Gasteiger partial charge is 0.338 e. The Morgan fingerprint density at radius 3 is 2.50 bits per heavy atom. The molecule has 0 bridgehead atoms. The number of benzene rings is 1. The molecular formula is C23H27F3N2O2. The highest BCUT2D eigenvalue weighted by Crippen LogP contribution is 2.33. The van der Waals surface area contributed by atoms with Crippen LogP contribution in [0.5, 0.6) is 0 Å². The first kappa shape index (κ1) is 20.9. The number of aryl methyl sites for hydroxylation is 1. The molecule has 1 amide bonds. The second kappa shape index (κ2) is 8.08. The molecule has 2 fully saturated rings. The Morgan fingerprint density at radius 1 is 1.07 bits per heavy atom. The summed E-state index contributed by atoms with van der Waals surface area (Å²) in [4.78, 5) is 27.3. The number of alkyl halides is 3. The van der Waals surface area contributed by atoms with Crippen molar-refractivity contribution in [2.24, 2.45) is 5.92 Å². The van der Waals surface area contributed by atoms with Crippen LogP contribution in [-0.4, -0.2) is 28.0 Å².